The number of rotatable bonds is 7. The van der Waals surface area contributed by atoms with E-state index in [0.29, 0.717) is 22.6 Å². The van der Waals surface area contributed by atoms with Crippen molar-refractivity contribution in [2.45, 2.75) is 51.6 Å². The summed E-state index contributed by atoms with van der Waals surface area (Å²) in [6.07, 6.45) is 5.98. The molecule has 0 unspecified atom stereocenters. The molecule has 3 rings (SSSR count). The molecule has 0 saturated carbocycles. The fraction of sp³-hybridized carbons (Fsp3) is 0.455. The van der Waals surface area contributed by atoms with Gasteiger partial charge in [-0.05, 0) is 51.7 Å². The van der Waals surface area contributed by atoms with E-state index in [1.54, 1.807) is 18.3 Å². The minimum atomic E-state index is -0.328. The molecule has 0 aliphatic carbocycles. The molecule has 7 heteroatoms. The zero-order chi connectivity index (χ0) is 20.8. The molecule has 29 heavy (non-hydrogen) atoms. The van der Waals surface area contributed by atoms with Crippen LogP contribution in [0.4, 0.5) is 16.3 Å². The first-order valence-electron chi connectivity index (χ1n) is 10.2. The summed E-state index contributed by atoms with van der Waals surface area (Å²) in [4.78, 5) is 14.9. The Kier molecular flexibility index (Phi) is 7.34. The van der Waals surface area contributed by atoms with Gasteiger partial charge in [-0.3, -0.25) is 5.32 Å². The van der Waals surface area contributed by atoms with Crippen LogP contribution >= 0.6 is 11.6 Å². The van der Waals surface area contributed by atoms with Crippen LogP contribution in [-0.4, -0.2) is 39.8 Å². The highest BCUT2D eigenvalue weighted by atomic mass is 35.5. The van der Waals surface area contributed by atoms with E-state index in [1.807, 2.05) is 22.9 Å². The van der Waals surface area contributed by atoms with Crippen LogP contribution in [0.15, 0.2) is 48.7 Å². The van der Waals surface area contributed by atoms with Crippen molar-refractivity contribution in [2.24, 2.45) is 0 Å². The molecule has 2 heterocycles. The van der Waals surface area contributed by atoms with E-state index in [-0.39, 0.29) is 12.1 Å². The van der Waals surface area contributed by atoms with Gasteiger partial charge in [-0.2, -0.15) is 5.10 Å². The van der Waals surface area contributed by atoms with Crippen LogP contribution in [0.25, 0.3) is 0 Å². The highest BCUT2D eigenvalue weighted by Crippen LogP contribution is 2.27. The summed E-state index contributed by atoms with van der Waals surface area (Å²) in [5.41, 5.74) is 1.82. The third-order valence-corrected chi connectivity index (χ3v) is 5.82. The molecule has 2 amide bonds. The Morgan fingerprint density at radius 1 is 1.28 bits per heavy atom. The number of urea groups is 1. The van der Waals surface area contributed by atoms with Crippen molar-refractivity contribution < 1.29 is 4.79 Å². The topological polar surface area (TPSA) is 62.2 Å². The number of nitrogens with zero attached hydrogens (tertiary/aromatic N) is 3. The van der Waals surface area contributed by atoms with Gasteiger partial charge in [0.15, 0.2) is 0 Å². The lowest BCUT2D eigenvalue weighted by Gasteiger charge is -2.36. The van der Waals surface area contributed by atoms with Gasteiger partial charge in [-0.25, -0.2) is 9.48 Å². The van der Waals surface area contributed by atoms with Gasteiger partial charge in [0.2, 0.25) is 0 Å². The fourth-order valence-corrected chi connectivity index (χ4v) is 3.93. The third-order valence-electron chi connectivity index (χ3n) is 5.49. The molecule has 1 atom stereocenters. The number of hydrogen-bond donors (Lipinski definition) is 2. The zero-order valence-corrected chi connectivity index (χ0v) is 18.0. The van der Waals surface area contributed by atoms with E-state index in [9.17, 15) is 4.79 Å². The summed E-state index contributed by atoms with van der Waals surface area (Å²) in [7, 11) is 0. The molecule has 0 bridgehead atoms. The summed E-state index contributed by atoms with van der Waals surface area (Å²) < 4.78 is 1.93. The fourth-order valence-electron chi connectivity index (χ4n) is 3.75. The van der Waals surface area contributed by atoms with Crippen molar-refractivity contribution in [2.75, 3.05) is 23.7 Å². The molecule has 1 aliphatic rings. The summed E-state index contributed by atoms with van der Waals surface area (Å²) >= 11 is 6.11. The molecule has 2 aromatic rings. The van der Waals surface area contributed by atoms with Crippen LogP contribution in [0.5, 0.6) is 0 Å². The van der Waals surface area contributed by atoms with Crippen LogP contribution in [-0.2, 0) is 0 Å². The van der Waals surface area contributed by atoms with Crippen molar-refractivity contribution in [1.82, 2.24) is 14.7 Å². The van der Waals surface area contributed by atoms with Gasteiger partial charge in [-0.15, -0.1) is 6.58 Å². The minimum absolute atomic E-state index is 0.283. The molecule has 1 saturated heterocycles. The van der Waals surface area contributed by atoms with Crippen LogP contribution in [0, 0.1) is 0 Å². The predicted molar refractivity (Wildman–Crippen MR) is 120 cm³/mol. The lowest BCUT2D eigenvalue weighted by atomic mass is 10.0. The van der Waals surface area contributed by atoms with Gasteiger partial charge in [-0.1, -0.05) is 29.3 Å². The third kappa shape index (κ3) is 5.84. The molecule has 6 nitrogen and oxygen atoms in total. The Hall–Kier alpha value is -2.31. The predicted octanol–water partition coefficient (Wildman–Crippen LogP) is 5.56. The van der Waals surface area contributed by atoms with Crippen molar-refractivity contribution in [3.05, 3.63) is 53.7 Å². The van der Waals surface area contributed by atoms with E-state index in [1.165, 1.54) is 5.57 Å². The zero-order valence-electron chi connectivity index (χ0n) is 17.2. The maximum atomic E-state index is 12.4. The van der Waals surface area contributed by atoms with E-state index in [0.717, 1.165) is 38.8 Å². The first-order valence-corrected chi connectivity index (χ1v) is 10.6. The molecule has 1 aromatic carbocycles. The highest BCUT2D eigenvalue weighted by Gasteiger charge is 2.25. The Balaban J connectivity index is 1.55. The van der Waals surface area contributed by atoms with Crippen molar-refractivity contribution in [1.29, 1.82) is 0 Å². The van der Waals surface area contributed by atoms with E-state index in [2.05, 4.69) is 41.1 Å². The maximum absolute atomic E-state index is 12.4. The number of hydrogen-bond acceptors (Lipinski definition) is 3. The molecule has 2 N–H and O–H groups in total. The average molecular weight is 416 g/mol. The molecule has 0 radical (unpaired) electrons. The molecular weight excluding hydrogens is 386 g/mol. The molecule has 0 spiro atoms. The summed E-state index contributed by atoms with van der Waals surface area (Å²) in [6.45, 7) is 10.5. The van der Waals surface area contributed by atoms with E-state index in [4.69, 9.17) is 11.6 Å². The lowest BCUT2D eigenvalue weighted by Crippen LogP contribution is -2.40. The van der Waals surface area contributed by atoms with Crippen LogP contribution in [0.3, 0.4) is 0 Å². The van der Waals surface area contributed by atoms with Crippen LogP contribution in [0.2, 0.25) is 5.02 Å². The van der Waals surface area contributed by atoms with Gasteiger partial charge < -0.3 is 10.2 Å². The highest BCUT2D eigenvalue weighted by molar-refractivity contribution is 6.33. The Morgan fingerprint density at radius 3 is 2.69 bits per heavy atom. The van der Waals surface area contributed by atoms with E-state index >= 15 is 0 Å². The van der Waals surface area contributed by atoms with Crippen molar-refractivity contribution in [3.8, 4) is 0 Å². The number of anilines is 2. The van der Waals surface area contributed by atoms with Crippen LogP contribution in [0.1, 0.15) is 45.6 Å². The molecule has 1 aliphatic heterocycles. The number of aromatic nitrogens is 2. The monoisotopic (exact) mass is 415 g/mol. The second-order valence-electron chi connectivity index (χ2n) is 7.83. The van der Waals surface area contributed by atoms with Gasteiger partial charge in [0, 0.05) is 25.2 Å². The summed E-state index contributed by atoms with van der Waals surface area (Å²) in [5.74, 6) is 0.698. The lowest BCUT2D eigenvalue weighted by molar-refractivity contribution is 0.134. The second kappa shape index (κ2) is 9.94. The Morgan fingerprint density at radius 2 is 2.00 bits per heavy atom. The second-order valence-corrected chi connectivity index (χ2v) is 8.24. The number of halogens is 1. The minimum Gasteiger partial charge on any atom is -0.306 e. The number of likely N-dealkylation sites (tertiary alicyclic amines) is 1. The Bertz CT molecular complexity index is 841. The number of amides is 2. The quantitative estimate of drug-likeness (QED) is 0.581. The van der Waals surface area contributed by atoms with E-state index < -0.39 is 0 Å². The number of carbonyl (C=O) groups excluding carboxylic acids is 1. The normalized spacial score (nSPS) is 16.4. The standard InChI is InChI=1S/C22H30ClN5O/c1-16(2)8-9-17(3)27-14-11-18(12-15-27)28-21(10-13-24-28)26-22(29)25-20-7-5-4-6-19(20)23/h4-7,10,13,17-18H,1,8-9,11-12,14-15H2,2-3H3,(H2,25,26,29)/t17-/m0/s1. The Labute approximate surface area is 177 Å². The van der Waals surface area contributed by atoms with Gasteiger partial charge in [0.05, 0.1) is 22.9 Å². The van der Waals surface area contributed by atoms with Gasteiger partial charge in [0.1, 0.15) is 5.82 Å². The largest absolute Gasteiger partial charge is 0.324 e. The van der Waals surface area contributed by atoms with Crippen molar-refractivity contribution >= 4 is 29.1 Å². The molecule has 1 aromatic heterocycles. The van der Waals surface area contributed by atoms with Gasteiger partial charge in [0.25, 0.3) is 0 Å². The summed E-state index contributed by atoms with van der Waals surface area (Å²) in [6, 6.07) is 9.51. The average Bonchev–Trinajstić information content (AvgIpc) is 3.16. The molecular formula is C22H30ClN5O. The van der Waals surface area contributed by atoms with Crippen molar-refractivity contribution in [3.63, 3.8) is 0 Å². The van der Waals surface area contributed by atoms with Crippen LogP contribution < -0.4 is 10.6 Å². The number of piperidine rings is 1. The number of para-hydroxylation sites is 1. The molecule has 156 valence electrons. The maximum Gasteiger partial charge on any atom is 0.324 e. The SMILES string of the molecule is C=C(C)CC[C@H](C)N1CCC(n2nccc2NC(=O)Nc2ccccc2Cl)CC1. The smallest absolute Gasteiger partial charge is 0.306 e. The number of nitrogens with one attached hydrogen (secondary N) is 2. The number of allylic oxidation sites excluding steroid dienone is 1. The first kappa shape index (κ1) is 21.4. The molecule has 1 fully saturated rings. The number of benzene rings is 1. The van der Waals surface area contributed by atoms with Gasteiger partial charge >= 0.3 is 6.03 Å². The number of carbonyl (C=O) groups is 1. The first-order chi connectivity index (χ1) is 13.9. The summed E-state index contributed by atoms with van der Waals surface area (Å²) in [5, 5.41) is 10.7.